The van der Waals surface area contributed by atoms with Crippen molar-refractivity contribution in [2.45, 2.75) is 52.5 Å². The fourth-order valence-corrected chi connectivity index (χ4v) is 2.02. The standard InChI is InChI=1S/C10H14N2O.C2H6/c1-7-9(8-3-4-8)11-12-5-2-6-13-10(7)12;1-2/h8H,2-6H2,1H3;1-2H3. The number of hydrogen-bond acceptors (Lipinski definition) is 2. The monoisotopic (exact) mass is 208 g/mol. The number of aromatic nitrogens is 2. The summed E-state index contributed by atoms with van der Waals surface area (Å²) in [7, 11) is 0. The highest BCUT2D eigenvalue weighted by molar-refractivity contribution is 5.35. The summed E-state index contributed by atoms with van der Waals surface area (Å²) in [4.78, 5) is 0. The van der Waals surface area contributed by atoms with Crippen molar-refractivity contribution in [2.75, 3.05) is 6.61 Å². The van der Waals surface area contributed by atoms with Gasteiger partial charge in [0.15, 0.2) is 0 Å². The number of rotatable bonds is 1. The van der Waals surface area contributed by atoms with Gasteiger partial charge in [0.25, 0.3) is 0 Å². The molecule has 3 nitrogen and oxygen atoms in total. The maximum absolute atomic E-state index is 5.61. The molecule has 1 saturated carbocycles. The predicted octanol–water partition coefficient (Wildman–Crippen LogP) is 2.88. The molecule has 1 fully saturated rings. The average molecular weight is 208 g/mol. The second kappa shape index (κ2) is 4.25. The van der Waals surface area contributed by atoms with E-state index in [1.165, 1.54) is 24.1 Å². The van der Waals surface area contributed by atoms with Gasteiger partial charge in [-0.05, 0) is 19.8 Å². The lowest BCUT2D eigenvalue weighted by Gasteiger charge is -2.14. The summed E-state index contributed by atoms with van der Waals surface area (Å²) in [5.41, 5.74) is 2.57. The molecule has 2 heterocycles. The fourth-order valence-electron chi connectivity index (χ4n) is 2.02. The molecule has 0 amide bonds. The van der Waals surface area contributed by atoms with Crippen LogP contribution in [0, 0.1) is 6.92 Å². The van der Waals surface area contributed by atoms with E-state index in [2.05, 4.69) is 12.0 Å². The van der Waals surface area contributed by atoms with Gasteiger partial charge in [0.1, 0.15) is 0 Å². The van der Waals surface area contributed by atoms with Crippen LogP contribution in [0.1, 0.15) is 50.3 Å². The van der Waals surface area contributed by atoms with Gasteiger partial charge in [-0.25, -0.2) is 4.68 Å². The van der Waals surface area contributed by atoms with Crippen LogP contribution in [0.2, 0.25) is 0 Å². The zero-order valence-corrected chi connectivity index (χ0v) is 9.92. The molecule has 3 rings (SSSR count). The maximum atomic E-state index is 5.61. The molecule has 2 aliphatic rings. The van der Waals surface area contributed by atoms with Gasteiger partial charge in [0.05, 0.1) is 12.3 Å². The van der Waals surface area contributed by atoms with E-state index >= 15 is 0 Å². The Morgan fingerprint density at radius 3 is 2.67 bits per heavy atom. The molecule has 0 unspecified atom stereocenters. The highest BCUT2D eigenvalue weighted by Gasteiger charge is 2.31. The molecule has 0 atom stereocenters. The molecule has 1 aliphatic heterocycles. The first-order valence-corrected chi connectivity index (χ1v) is 6.06. The highest BCUT2D eigenvalue weighted by Crippen LogP contribution is 2.43. The van der Waals surface area contributed by atoms with E-state index < -0.39 is 0 Å². The van der Waals surface area contributed by atoms with Crippen LogP contribution in [0.3, 0.4) is 0 Å². The second-order valence-corrected chi connectivity index (χ2v) is 4.01. The Morgan fingerprint density at radius 1 is 1.33 bits per heavy atom. The first-order valence-electron chi connectivity index (χ1n) is 6.06. The SMILES string of the molecule is CC.Cc1c(C2CC2)nn2c1OCCC2. The summed E-state index contributed by atoms with van der Waals surface area (Å²) in [6.45, 7) is 8.03. The van der Waals surface area contributed by atoms with Gasteiger partial charge in [0, 0.05) is 24.4 Å². The molecule has 1 aromatic rings. The van der Waals surface area contributed by atoms with Gasteiger partial charge in [-0.1, -0.05) is 13.8 Å². The topological polar surface area (TPSA) is 27.1 Å². The molecule has 0 saturated heterocycles. The molecule has 0 N–H and O–H groups in total. The molecule has 3 heteroatoms. The number of aryl methyl sites for hydroxylation is 1. The number of ether oxygens (including phenoxy) is 1. The van der Waals surface area contributed by atoms with E-state index in [0.29, 0.717) is 0 Å². The van der Waals surface area contributed by atoms with Gasteiger partial charge < -0.3 is 4.74 Å². The molecule has 0 bridgehead atoms. The Labute approximate surface area is 91.4 Å². The van der Waals surface area contributed by atoms with Crippen molar-refractivity contribution < 1.29 is 4.74 Å². The van der Waals surface area contributed by atoms with Gasteiger partial charge in [-0.3, -0.25) is 0 Å². The maximum Gasteiger partial charge on any atom is 0.215 e. The summed E-state index contributed by atoms with van der Waals surface area (Å²) < 4.78 is 7.65. The van der Waals surface area contributed by atoms with Gasteiger partial charge in [-0.15, -0.1) is 0 Å². The Morgan fingerprint density at radius 2 is 2.07 bits per heavy atom. The third-order valence-electron chi connectivity index (χ3n) is 2.88. The lowest BCUT2D eigenvalue weighted by atomic mass is 10.2. The molecule has 0 radical (unpaired) electrons. The third-order valence-corrected chi connectivity index (χ3v) is 2.88. The van der Waals surface area contributed by atoms with E-state index in [-0.39, 0.29) is 0 Å². The van der Waals surface area contributed by atoms with Crippen molar-refractivity contribution in [1.29, 1.82) is 0 Å². The van der Waals surface area contributed by atoms with E-state index in [9.17, 15) is 0 Å². The Balaban J connectivity index is 0.000000404. The predicted molar refractivity (Wildman–Crippen MR) is 60.4 cm³/mol. The largest absolute Gasteiger partial charge is 0.478 e. The molecular weight excluding hydrogens is 188 g/mol. The Hall–Kier alpha value is -0.990. The summed E-state index contributed by atoms with van der Waals surface area (Å²) >= 11 is 0. The smallest absolute Gasteiger partial charge is 0.215 e. The number of fused-ring (bicyclic) bond motifs is 1. The molecular formula is C12H20N2O. The van der Waals surface area contributed by atoms with Crippen LogP contribution in [0.5, 0.6) is 5.88 Å². The van der Waals surface area contributed by atoms with Gasteiger partial charge in [0.2, 0.25) is 5.88 Å². The minimum atomic E-state index is 0.738. The highest BCUT2D eigenvalue weighted by atomic mass is 16.5. The van der Waals surface area contributed by atoms with E-state index in [0.717, 1.165) is 31.4 Å². The van der Waals surface area contributed by atoms with Crippen LogP contribution in [0.25, 0.3) is 0 Å². The van der Waals surface area contributed by atoms with Crippen molar-refractivity contribution in [1.82, 2.24) is 9.78 Å². The van der Waals surface area contributed by atoms with Crippen molar-refractivity contribution in [2.24, 2.45) is 0 Å². The summed E-state index contributed by atoms with van der Waals surface area (Å²) in [5.74, 6) is 1.76. The van der Waals surface area contributed by atoms with Gasteiger partial charge in [-0.2, -0.15) is 5.10 Å². The Bertz CT molecular complexity index is 340. The van der Waals surface area contributed by atoms with Crippen molar-refractivity contribution >= 4 is 0 Å². The first-order chi connectivity index (χ1) is 7.36. The summed E-state index contributed by atoms with van der Waals surface area (Å²) in [5, 5.41) is 4.60. The summed E-state index contributed by atoms with van der Waals surface area (Å²) in [6, 6.07) is 0. The summed E-state index contributed by atoms with van der Waals surface area (Å²) in [6.07, 6.45) is 3.73. The van der Waals surface area contributed by atoms with E-state index in [1.807, 2.05) is 18.5 Å². The van der Waals surface area contributed by atoms with Crippen LogP contribution in [-0.4, -0.2) is 16.4 Å². The first kappa shape index (κ1) is 10.5. The average Bonchev–Trinajstić information content (AvgIpc) is 3.08. The molecule has 15 heavy (non-hydrogen) atoms. The molecule has 1 aliphatic carbocycles. The van der Waals surface area contributed by atoms with Crippen LogP contribution < -0.4 is 4.74 Å². The zero-order chi connectivity index (χ0) is 10.8. The number of hydrogen-bond donors (Lipinski definition) is 0. The second-order valence-electron chi connectivity index (χ2n) is 4.01. The molecule has 1 aromatic heterocycles. The van der Waals surface area contributed by atoms with E-state index in [4.69, 9.17) is 4.74 Å². The minimum absolute atomic E-state index is 0.738. The van der Waals surface area contributed by atoms with Crippen molar-refractivity contribution in [3.63, 3.8) is 0 Å². The van der Waals surface area contributed by atoms with E-state index in [1.54, 1.807) is 0 Å². The lowest BCUT2D eigenvalue weighted by Crippen LogP contribution is -2.14. The van der Waals surface area contributed by atoms with Crippen LogP contribution in [0.15, 0.2) is 0 Å². The lowest BCUT2D eigenvalue weighted by molar-refractivity contribution is 0.229. The van der Waals surface area contributed by atoms with Crippen LogP contribution >= 0.6 is 0 Å². The molecule has 0 spiro atoms. The molecule has 84 valence electrons. The third kappa shape index (κ3) is 1.87. The number of nitrogens with zero attached hydrogens (tertiary/aromatic N) is 2. The quantitative estimate of drug-likeness (QED) is 0.709. The van der Waals surface area contributed by atoms with Crippen LogP contribution in [-0.2, 0) is 6.54 Å². The zero-order valence-electron chi connectivity index (χ0n) is 9.92. The van der Waals surface area contributed by atoms with Gasteiger partial charge >= 0.3 is 0 Å². The minimum Gasteiger partial charge on any atom is -0.478 e. The normalized spacial score (nSPS) is 18.6. The van der Waals surface area contributed by atoms with Crippen molar-refractivity contribution in [3.05, 3.63) is 11.3 Å². The fraction of sp³-hybridized carbons (Fsp3) is 0.750. The van der Waals surface area contributed by atoms with Crippen LogP contribution in [0.4, 0.5) is 0 Å². The Kier molecular flexibility index (Phi) is 2.98. The van der Waals surface area contributed by atoms with Crippen molar-refractivity contribution in [3.8, 4) is 5.88 Å². The molecule has 0 aromatic carbocycles.